The van der Waals surface area contributed by atoms with Crippen molar-refractivity contribution in [3.8, 4) is 6.07 Å². The van der Waals surface area contributed by atoms with Crippen LogP contribution < -0.4 is 5.32 Å². The predicted molar refractivity (Wildman–Crippen MR) is 97.4 cm³/mol. The number of piperidine rings is 1. The van der Waals surface area contributed by atoms with Gasteiger partial charge >= 0.3 is 0 Å². The third-order valence-corrected chi connectivity index (χ3v) is 4.56. The van der Waals surface area contributed by atoms with Crippen LogP contribution in [0.5, 0.6) is 0 Å². The summed E-state index contributed by atoms with van der Waals surface area (Å²) in [5.74, 6) is 0.478. The van der Waals surface area contributed by atoms with Gasteiger partial charge in [-0.3, -0.25) is 4.79 Å². The molecule has 1 aromatic carbocycles. The zero-order valence-corrected chi connectivity index (χ0v) is 15.1. The van der Waals surface area contributed by atoms with Crippen molar-refractivity contribution in [2.75, 3.05) is 18.4 Å². The van der Waals surface area contributed by atoms with E-state index in [1.165, 1.54) is 11.8 Å². The standard InChI is InChI=1S/C20H27N3O/c1-15-9-11-23(12-10-15)19(24)16(13-21)14-22-18-7-5-17(6-8-18)20(2,3)4/h5-8,14-15,22H,9-12H2,1-4H3/b16-14-. The minimum absolute atomic E-state index is 0.105. The first kappa shape index (κ1) is 18.1. The molecule has 1 saturated heterocycles. The number of carbonyl (C=O) groups excluding carboxylic acids is 1. The van der Waals surface area contributed by atoms with Crippen molar-refractivity contribution in [3.05, 3.63) is 41.6 Å². The SMILES string of the molecule is CC1CCN(C(=O)/C(C#N)=C\Nc2ccc(C(C)(C)C)cc2)CC1. The van der Waals surface area contributed by atoms with E-state index in [2.05, 4.69) is 45.1 Å². The summed E-state index contributed by atoms with van der Waals surface area (Å²) in [5.41, 5.74) is 2.38. The van der Waals surface area contributed by atoms with Crippen LogP contribution in [0.15, 0.2) is 36.0 Å². The first-order chi connectivity index (χ1) is 11.3. The summed E-state index contributed by atoms with van der Waals surface area (Å²) in [6, 6.07) is 10.1. The lowest BCUT2D eigenvalue weighted by molar-refractivity contribution is -0.128. The summed E-state index contributed by atoms with van der Waals surface area (Å²) in [6.45, 7) is 10.2. The van der Waals surface area contributed by atoms with Crippen molar-refractivity contribution in [2.24, 2.45) is 5.92 Å². The van der Waals surface area contributed by atoms with Gasteiger partial charge < -0.3 is 10.2 Å². The Balaban J connectivity index is 2.03. The van der Waals surface area contributed by atoms with E-state index < -0.39 is 0 Å². The highest BCUT2D eigenvalue weighted by Gasteiger charge is 2.23. The molecule has 1 aliphatic heterocycles. The van der Waals surface area contributed by atoms with Crippen LogP contribution in [0.1, 0.15) is 46.1 Å². The first-order valence-corrected chi connectivity index (χ1v) is 8.58. The average Bonchev–Trinajstić information content (AvgIpc) is 2.55. The molecular weight excluding hydrogens is 298 g/mol. The molecule has 4 nitrogen and oxygen atoms in total. The maximum atomic E-state index is 12.4. The lowest BCUT2D eigenvalue weighted by Crippen LogP contribution is -2.38. The summed E-state index contributed by atoms with van der Waals surface area (Å²) in [6.07, 6.45) is 3.53. The van der Waals surface area contributed by atoms with Crippen molar-refractivity contribution in [1.82, 2.24) is 4.90 Å². The summed E-state index contributed by atoms with van der Waals surface area (Å²) in [7, 11) is 0. The molecule has 0 unspecified atom stereocenters. The van der Waals surface area contributed by atoms with E-state index in [-0.39, 0.29) is 16.9 Å². The molecule has 1 aliphatic rings. The van der Waals surface area contributed by atoms with Gasteiger partial charge in [0.15, 0.2) is 0 Å². The maximum absolute atomic E-state index is 12.4. The molecule has 1 amide bonds. The molecule has 2 rings (SSSR count). The molecule has 1 heterocycles. The van der Waals surface area contributed by atoms with Crippen LogP contribution in [0.25, 0.3) is 0 Å². The Hall–Kier alpha value is -2.28. The van der Waals surface area contributed by atoms with Gasteiger partial charge in [-0.1, -0.05) is 39.8 Å². The van der Waals surface area contributed by atoms with Gasteiger partial charge in [-0.05, 0) is 41.9 Å². The largest absolute Gasteiger partial charge is 0.360 e. The Labute approximate surface area is 145 Å². The van der Waals surface area contributed by atoms with E-state index in [0.29, 0.717) is 5.92 Å². The quantitative estimate of drug-likeness (QED) is 0.673. The number of nitriles is 1. The second kappa shape index (κ2) is 7.53. The summed E-state index contributed by atoms with van der Waals surface area (Å²) >= 11 is 0. The molecule has 1 N–H and O–H groups in total. The third kappa shape index (κ3) is 4.61. The van der Waals surface area contributed by atoms with Crippen molar-refractivity contribution >= 4 is 11.6 Å². The topological polar surface area (TPSA) is 56.1 Å². The highest BCUT2D eigenvalue weighted by molar-refractivity contribution is 5.97. The van der Waals surface area contributed by atoms with Crippen molar-refractivity contribution in [3.63, 3.8) is 0 Å². The normalized spacial score (nSPS) is 16.6. The monoisotopic (exact) mass is 325 g/mol. The maximum Gasteiger partial charge on any atom is 0.266 e. The van der Waals surface area contributed by atoms with Crippen LogP contribution in [0.2, 0.25) is 0 Å². The van der Waals surface area contributed by atoms with Crippen LogP contribution in [-0.2, 0) is 10.2 Å². The zero-order chi connectivity index (χ0) is 17.7. The smallest absolute Gasteiger partial charge is 0.266 e. The van der Waals surface area contributed by atoms with E-state index in [1.807, 2.05) is 18.2 Å². The highest BCUT2D eigenvalue weighted by Crippen LogP contribution is 2.23. The number of amides is 1. The second-order valence-electron chi connectivity index (χ2n) is 7.62. The number of nitrogens with one attached hydrogen (secondary N) is 1. The summed E-state index contributed by atoms with van der Waals surface area (Å²) in [4.78, 5) is 14.2. The van der Waals surface area contributed by atoms with Gasteiger partial charge in [-0.15, -0.1) is 0 Å². The number of hydrogen-bond donors (Lipinski definition) is 1. The molecule has 0 aromatic heterocycles. The Morgan fingerprint density at radius 3 is 2.33 bits per heavy atom. The van der Waals surface area contributed by atoms with E-state index in [4.69, 9.17) is 0 Å². The molecule has 0 saturated carbocycles. The molecule has 1 aromatic rings. The van der Waals surface area contributed by atoms with Gasteiger partial charge in [0.25, 0.3) is 5.91 Å². The van der Waals surface area contributed by atoms with Gasteiger partial charge in [0.05, 0.1) is 0 Å². The summed E-state index contributed by atoms with van der Waals surface area (Å²) in [5, 5.41) is 12.4. The molecule has 24 heavy (non-hydrogen) atoms. The first-order valence-electron chi connectivity index (χ1n) is 8.58. The summed E-state index contributed by atoms with van der Waals surface area (Å²) < 4.78 is 0. The van der Waals surface area contributed by atoms with Gasteiger partial charge in [0, 0.05) is 25.0 Å². The number of hydrogen-bond acceptors (Lipinski definition) is 3. The molecule has 0 radical (unpaired) electrons. The molecule has 4 heteroatoms. The lowest BCUT2D eigenvalue weighted by atomic mass is 9.87. The van der Waals surface area contributed by atoms with Gasteiger partial charge in [-0.25, -0.2) is 0 Å². The Kier molecular flexibility index (Phi) is 5.66. The zero-order valence-electron chi connectivity index (χ0n) is 15.1. The number of likely N-dealkylation sites (tertiary alicyclic amines) is 1. The molecule has 0 aliphatic carbocycles. The lowest BCUT2D eigenvalue weighted by Gasteiger charge is -2.30. The highest BCUT2D eigenvalue weighted by atomic mass is 16.2. The minimum Gasteiger partial charge on any atom is -0.360 e. The molecule has 0 spiro atoms. The Morgan fingerprint density at radius 1 is 1.25 bits per heavy atom. The van der Waals surface area contributed by atoms with Crippen molar-refractivity contribution in [2.45, 2.75) is 46.0 Å². The van der Waals surface area contributed by atoms with Crippen LogP contribution in [0.3, 0.4) is 0 Å². The molecular formula is C20H27N3O. The molecule has 0 atom stereocenters. The molecule has 0 bridgehead atoms. The fourth-order valence-corrected chi connectivity index (χ4v) is 2.75. The van der Waals surface area contributed by atoms with Crippen LogP contribution in [-0.4, -0.2) is 23.9 Å². The van der Waals surface area contributed by atoms with E-state index in [0.717, 1.165) is 31.6 Å². The number of nitrogens with zero attached hydrogens (tertiary/aromatic N) is 2. The van der Waals surface area contributed by atoms with Gasteiger partial charge in [-0.2, -0.15) is 5.26 Å². The Bertz CT molecular complexity index is 639. The fourth-order valence-electron chi connectivity index (χ4n) is 2.75. The Morgan fingerprint density at radius 2 is 1.83 bits per heavy atom. The third-order valence-electron chi connectivity index (χ3n) is 4.56. The number of anilines is 1. The van der Waals surface area contributed by atoms with Crippen LogP contribution >= 0.6 is 0 Å². The molecule has 1 fully saturated rings. The average molecular weight is 325 g/mol. The van der Waals surface area contributed by atoms with E-state index >= 15 is 0 Å². The van der Waals surface area contributed by atoms with E-state index in [9.17, 15) is 10.1 Å². The number of rotatable bonds is 3. The van der Waals surface area contributed by atoms with E-state index in [1.54, 1.807) is 4.90 Å². The van der Waals surface area contributed by atoms with Crippen molar-refractivity contribution < 1.29 is 4.79 Å². The minimum atomic E-state index is -0.178. The van der Waals surface area contributed by atoms with Crippen LogP contribution in [0, 0.1) is 17.2 Å². The molecule has 128 valence electrons. The number of carbonyl (C=O) groups is 1. The number of benzene rings is 1. The van der Waals surface area contributed by atoms with Gasteiger partial charge in [0.2, 0.25) is 0 Å². The van der Waals surface area contributed by atoms with Gasteiger partial charge in [0.1, 0.15) is 11.6 Å². The van der Waals surface area contributed by atoms with Crippen LogP contribution in [0.4, 0.5) is 5.69 Å². The predicted octanol–water partition coefficient (Wildman–Crippen LogP) is 4.06. The second-order valence-corrected chi connectivity index (χ2v) is 7.62. The van der Waals surface area contributed by atoms with Crippen molar-refractivity contribution in [1.29, 1.82) is 5.26 Å². The fraction of sp³-hybridized carbons (Fsp3) is 0.500.